The van der Waals surface area contributed by atoms with Crippen LogP contribution < -0.4 is 5.73 Å². The molecule has 3 aliphatic rings. The highest BCUT2D eigenvalue weighted by atomic mass is 16.4. The molecule has 3 N–H and O–H groups in total. The molecule has 0 saturated heterocycles. The van der Waals surface area contributed by atoms with Crippen LogP contribution in [0.15, 0.2) is 0 Å². The molecule has 0 radical (unpaired) electrons. The first kappa shape index (κ1) is 7.10. The van der Waals surface area contributed by atoms with Crippen LogP contribution in [-0.2, 0) is 4.79 Å². The maximum atomic E-state index is 10.4. The van der Waals surface area contributed by atoms with Crippen molar-refractivity contribution in [3.05, 3.63) is 0 Å². The molecule has 0 amide bonds. The Bertz CT molecular complexity index is 185. The summed E-state index contributed by atoms with van der Waals surface area (Å²) < 4.78 is 0. The molecule has 0 aliphatic heterocycles. The summed E-state index contributed by atoms with van der Waals surface area (Å²) in [6, 6.07) is -0.628. The SMILES string of the molecule is N[C@H](CC12CC(C1)C2)C(=O)O. The third kappa shape index (κ3) is 0.948. The van der Waals surface area contributed by atoms with Crippen LogP contribution in [0.3, 0.4) is 0 Å². The van der Waals surface area contributed by atoms with E-state index in [-0.39, 0.29) is 0 Å². The molecule has 3 fully saturated rings. The van der Waals surface area contributed by atoms with Crippen molar-refractivity contribution in [1.29, 1.82) is 0 Å². The Labute approximate surface area is 65.6 Å². The Morgan fingerprint density at radius 2 is 2.18 bits per heavy atom. The van der Waals surface area contributed by atoms with Gasteiger partial charge in [0.15, 0.2) is 0 Å². The number of hydrogen-bond acceptors (Lipinski definition) is 2. The molecule has 3 heteroatoms. The summed E-state index contributed by atoms with van der Waals surface area (Å²) in [7, 11) is 0. The first-order valence-corrected chi connectivity index (χ1v) is 4.10. The van der Waals surface area contributed by atoms with Crippen molar-refractivity contribution in [3.63, 3.8) is 0 Å². The predicted octanol–water partition coefficient (Wildman–Crippen LogP) is 0.588. The molecular weight excluding hydrogens is 142 g/mol. The van der Waals surface area contributed by atoms with E-state index in [4.69, 9.17) is 10.8 Å². The molecule has 1 atom stereocenters. The minimum absolute atomic E-state index is 0.364. The molecule has 62 valence electrons. The van der Waals surface area contributed by atoms with Crippen LogP contribution in [0.25, 0.3) is 0 Å². The highest BCUT2D eigenvalue weighted by molar-refractivity contribution is 5.73. The van der Waals surface area contributed by atoms with Gasteiger partial charge in [0.05, 0.1) is 0 Å². The summed E-state index contributed by atoms with van der Waals surface area (Å²) in [5.41, 5.74) is 5.80. The van der Waals surface area contributed by atoms with Gasteiger partial charge in [0.1, 0.15) is 6.04 Å². The van der Waals surface area contributed by atoms with Gasteiger partial charge in [-0.05, 0) is 37.0 Å². The fraction of sp³-hybridized carbons (Fsp3) is 0.875. The number of carbonyl (C=O) groups is 1. The maximum Gasteiger partial charge on any atom is 0.320 e. The van der Waals surface area contributed by atoms with Crippen LogP contribution in [-0.4, -0.2) is 17.1 Å². The molecule has 0 unspecified atom stereocenters. The lowest BCUT2D eigenvalue weighted by atomic mass is 9.43. The van der Waals surface area contributed by atoms with Crippen LogP contribution in [0.1, 0.15) is 25.7 Å². The van der Waals surface area contributed by atoms with Gasteiger partial charge in [-0.2, -0.15) is 0 Å². The van der Waals surface area contributed by atoms with Gasteiger partial charge in [0, 0.05) is 0 Å². The van der Waals surface area contributed by atoms with E-state index in [0.717, 1.165) is 5.92 Å². The highest BCUT2D eigenvalue weighted by Crippen LogP contribution is 2.66. The molecule has 0 aromatic heterocycles. The average Bonchev–Trinajstić information content (AvgIpc) is 1.74. The molecule has 2 bridgehead atoms. The minimum atomic E-state index is -0.852. The summed E-state index contributed by atoms with van der Waals surface area (Å²) in [4.78, 5) is 10.4. The molecule has 0 heterocycles. The molecule has 0 aromatic rings. The second-order valence-corrected chi connectivity index (χ2v) is 4.13. The molecule has 3 aliphatic carbocycles. The van der Waals surface area contributed by atoms with E-state index in [1.807, 2.05) is 0 Å². The smallest absolute Gasteiger partial charge is 0.320 e. The largest absolute Gasteiger partial charge is 0.480 e. The summed E-state index contributed by atoms with van der Waals surface area (Å²) in [5, 5.41) is 8.56. The highest BCUT2D eigenvalue weighted by Gasteiger charge is 2.56. The van der Waals surface area contributed by atoms with Gasteiger partial charge < -0.3 is 10.8 Å². The Morgan fingerprint density at radius 3 is 2.45 bits per heavy atom. The average molecular weight is 155 g/mol. The van der Waals surface area contributed by atoms with Crippen LogP contribution >= 0.6 is 0 Å². The fourth-order valence-electron chi connectivity index (χ4n) is 2.46. The number of carboxylic acid groups (broad SMARTS) is 1. The van der Waals surface area contributed by atoms with Crippen molar-refractivity contribution >= 4 is 5.97 Å². The van der Waals surface area contributed by atoms with Gasteiger partial charge in [0.2, 0.25) is 0 Å². The normalized spacial score (nSPS) is 42.1. The van der Waals surface area contributed by atoms with E-state index in [9.17, 15) is 4.79 Å². The van der Waals surface area contributed by atoms with Crippen molar-refractivity contribution in [3.8, 4) is 0 Å². The number of hydrogen-bond donors (Lipinski definition) is 2. The summed E-state index contributed by atoms with van der Waals surface area (Å²) in [6.07, 6.45) is 4.38. The van der Waals surface area contributed by atoms with Crippen molar-refractivity contribution in [1.82, 2.24) is 0 Å². The molecule has 0 aromatic carbocycles. The van der Waals surface area contributed by atoms with Gasteiger partial charge in [-0.25, -0.2) is 0 Å². The van der Waals surface area contributed by atoms with Crippen LogP contribution in [0.4, 0.5) is 0 Å². The van der Waals surface area contributed by atoms with Crippen LogP contribution in [0.2, 0.25) is 0 Å². The second kappa shape index (κ2) is 1.97. The zero-order valence-corrected chi connectivity index (χ0v) is 6.42. The number of nitrogens with two attached hydrogens (primary N) is 1. The van der Waals surface area contributed by atoms with Crippen LogP contribution in [0, 0.1) is 11.3 Å². The summed E-state index contributed by atoms with van der Waals surface area (Å²) in [5.74, 6) is 0.0609. The Kier molecular flexibility index (Phi) is 1.27. The van der Waals surface area contributed by atoms with Gasteiger partial charge in [-0.15, -0.1) is 0 Å². The zero-order chi connectivity index (χ0) is 8.06. The van der Waals surface area contributed by atoms with E-state index in [1.54, 1.807) is 0 Å². The second-order valence-electron chi connectivity index (χ2n) is 4.13. The molecule has 11 heavy (non-hydrogen) atoms. The van der Waals surface area contributed by atoms with E-state index >= 15 is 0 Å². The lowest BCUT2D eigenvalue weighted by Gasteiger charge is -2.62. The summed E-state index contributed by atoms with van der Waals surface area (Å²) >= 11 is 0. The van der Waals surface area contributed by atoms with Gasteiger partial charge in [-0.1, -0.05) is 0 Å². The van der Waals surface area contributed by atoms with Crippen molar-refractivity contribution < 1.29 is 9.90 Å². The number of rotatable bonds is 3. The third-order valence-corrected chi connectivity index (χ3v) is 3.14. The molecule has 3 nitrogen and oxygen atoms in total. The lowest BCUT2D eigenvalue weighted by Crippen LogP contribution is -2.55. The predicted molar refractivity (Wildman–Crippen MR) is 40.0 cm³/mol. The monoisotopic (exact) mass is 155 g/mol. The van der Waals surface area contributed by atoms with Gasteiger partial charge in [-0.3, -0.25) is 4.79 Å². The lowest BCUT2D eigenvalue weighted by molar-refractivity contribution is -0.148. The topological polar surface area (TPSA) is 63.3 Å². The Morgan fingerprint density at radius 1 is 1.64 bits per heavy atom. The number of aliphatic carboxylic acids is 1. The first-order valence-electron chi connectivity index (χ1n) is 4.10. The number of carboxylic acids is 1. The molecule has 0 spiro atoms. The van der Waals surface area contributed by atoms with Crippen molar-refractivity contribution in [2.24, 2.45) is 17.1 Å². The Hall–Kier alpha value is -0.570. The van der Waals surface area contributed by atoms with Crippen molar-refractivity contribution in [2.75, 3.05) is 0 Å². The maximum absolute atomic E-state index is 10.4. The molecule has 3 saturated carbocycles. The Balaban J connectivity index is 1.85. The first-order chi connectivity index (χ1) is 5.11. The van der Waals surface area contributed by atoms with Gasteiger partial charge >= 0.3 is 5.97 Å². The summed E-state index contributed by atoms with van der Waals surface area (Å²) in [6.45, 7) is 0. The minimum Gasteiger partial charge on any atom is -0.480 e. The van der Waals surface area contributed by atoms with Gasteiger partial charge in [0.25, 0.3) is 0 Å². The fourth-order valence-corrected chi connectivity index (χ4v) is 2.46. The zero-order valence-electron chi connectivity index (χ0n) is 6.42. The quantitative estimate of drug-likeness (QED) is 0.627. The van der Waals surface area contributed by atoms with E-state index < -0.39 is 12.0 Å². The van der Waals surface area contributed by atoms with E-state index in [0.29, 0.717) is 11.8 Å². The molecule has 3 rings (SSSR count). The van der Waals surface area contributed by atoms with Crippen molar-refractivity contribution in [2.45, 2.75) is 31.7 Å². The van der Waals surface area contributed by atoms with Crippen LogP contribution in [0.5, 0.6) is 0 Å². The molecular formula is C8H13NO2. The third-order valence-electron chi connectivity index (χ3n) is 3.14. The van der Waals surface area contributed by atoms with E-state index in [2.05, 4.69) is 0 Å². The van der Waals surface area contributed by atoms with E-state index in [1.165, 1.54) is 19.3 Å². The standard InChI is InChI=1S/C8H13NO2/c9-6(7(10)11)4-8-1-5(2-8)3-8/h5-6H,1-4,9H2,(H,10,11)/t5?,6-,8?/m1/s1.